The maximum atomic E-state index is 13.0. The number of carbonyl (C=O) groups is 1. The summed E-state index contributed by atoms with van der Waals surface area (Å²) in [5.41, 5.74) is 2.07. The van der Waals surface area contributed by atoms with Crippen molar-refractivity contribution in [3.8, 4) is 5.75 Å². The van der Waals surface area contributed by atoms with Crippen molar-refractivity contribution in [3.05, 3.63) is 101 Å². The molecule has 0 saturated heterocycles. The van der Waals surface area contributed by atoms with Crippen LogP contribution in [-0.2, 0) is 13.0 Å². The lowest BCUT2D eigenvalue weighted by molar-refractivity contribution is 0.102. The van der Waals surface area contributed by atoms with Gasteiger partial charge < -0.3 is 14.6 Å². The fraction of sp³-hybridized carbons (Fsp3) is 0.125. The van der Waals surface area contributed by atoms with Gasteiger partial charge in [0.05, 0.1) is 12.7 Å². The molecule has 0 atom stereocenters. The third-order valence-electron chi connectivity index (χ3n) is 4.98. The summed E-state index contributed by atoms with van der Waals surface area (Å²) in [6, 6.07) is 18.4. The molecule has 2 heterocycles. The van der Waals surface area contributed by atoms with Crippen LogP contribution in [0.3, 0.4) is 0 Å². The molecule has 30 heavy (non-hydrogen) atoms. The first kappa shape index (κ1) is 19.4. The number of rotatable bonds is 6. The molecule has 0 bridgehead atoms. The number of hydrogen-bond donors (Lipinski definition) is 1. The fourth-order valence-corrected chi connectivity index (χ4v) is 3.37. The largest absolute Gasteiger partial charge is 0.497 e. The first-order valence-electron chi connectivity index (χ1n) is 9.62. The first-order chi connectivity index (χ1) is 14.7. The standard InChI is InChI=1S/C24H21N3O3/c1-30-19-8-6-17(7-9-19)12-15-27-16-22(20-4-2-3-5-21(20)24(27)29)23(28)26-18-10-13-25-14-11-18/h2-11,13-14,16H,12,15H2,1H3,(H,25,26,28). The molecule has 0 unspecified atom stereocenters. The van der Waals surface area contributed by atoms with Gasteiger partial charge in [0, 0.05) is 41.6 Å². The normalized spacial score (nSPS) is 10.7. The minimum absolute atomic E-state index is 0.112. The number of aromatic nitrogens is 2. The molecule has 0 aliphatic rings. The minimum Gasteiger partial charge on any atom is -0.497 e. The number of methoxy groups -OCH3 is 1. The predicted octanol–water partition coefficient (Wildman–Crippen LogP) is 3.90. The van der Waals surface area contributed by atoms with Gasteiger partial charge in [0.2, 0.25) is 0 Å². The Balaban J connectivity index is 1.67. The van der Waals surface area contributed by atoms with Gasteiger partial charge in [-0.25, -0.2) is 0 Å². The van der Waals surface area contributed by atoms with E-state index in [9.17, 15) is 9.59 Å². The number of nitrogens with zero attached hydrogens (tertiary/aromatic N) is 2. The van der Waals surface area contributed by atoms with Crippen LogP contribution in [0.1, 0.15) is 15.9 Å². The Labute approximate surface area is 173 Å². The average molecular weight is 399 g/mol. The number of benzene rings is 2. The number of anilines is 1. The number of ether oxygens (including phenoxy) is 1. The van der Waals surface area contributed by atoms with Gasteiger partial charge in [-0.15, -0.1) is 0 Å². The molecule has 6 nitrogen and oxygen atoms in total. The molecule has 0 spiro atoms. The van der Waals surface area contributed by atoms with E-state index in [-0.39, 0.29) is 11.5 Å². The Kier molecular flexibility index (Phi) is 5.57. The van der Waals surface area contributed by atoms with Crippen LogP contribution in [-0.4, -0.2) is 22.6 Å². The quantitative estimate of drug-likeness (QED) is 0.534. The average Bonchev–Trinajstić information content (AvgIpc) is 2.79. The second kappa shape index (κ2) is 8.61. The summed E-state index contributed by atoms with van der Waals surface area (Å²) in [6.07, 6.45) is 5.53. The molecule has 0 aliphatic heterocycles. The molecule has 0 fully saturated rings. The van der Waals surface area contributed by atoms with Crippen LogP contribution in [0.2, 0.25) is 0 Å². The smallest absolute Gasteiger partial charge is 0.258 e. The van der Waals surface area contributed by atoms with E-state index in [1.807, 2.05) is 36.4 Å². The van der Waals surface area contributed by atoms with Crippen molar-refractivity contribution in [1.82, 2.24) is 9.55 Å². The Morgan fingerprint density at radius 3 is 2.40 bits per heavy atom. The maximum absolute atomic E-state index is 13.0. The highest BCUT2D eigenvalue weighted by molar-refractivity contribution is 6.12. The molecule has 2 aromatic heterocycles. The topological polar surface area (TPSA) is 73.2 Å². The number of carbonyl (C=O) groups excluding carboxylic acids is 1. The molecule has 2 aromatic carbocycles. The number of nitrogens with one attached hydrogen (secondary N) is 1. The lowest BCUT2D eigenvalue weighted by Crippen LogP contribution is -2.24. The van der Waals surface area contributed by atoms with Gasteiger partial charge >= 0.3 is 0 Å². The Morgan fingerprint density at radius 1 is 1.00 bits per heavy atom. The summed E-state index contributed by atoms with van der Waals surface area (Å²) in [6.45, 7) is 0.464. The Hall–Kier alpha value is -3.93. The molecule has 0 radical (unpaired) electrons. The zero-order chi connectivity index (χ0) is 20.9. The Bertz CT molecular complexity index is 1230. The van der Waals surface area contributed by atoms with Crippen LogP contribution in [0.4, 0.5) is 5.69 Å². The number of amides is 1. The summed E-state index contributed by atoms with van der Waals surface area (Å²) in [5.74, 6) is 0.521. The second-order valence-electron chi connectivity index (χ2n) is 6.87. The summed E-state index contributed by atoms with van der Waals surface area (Å²) in [7, 11) is 1.63. The molecule has 4 rings (SSSR count). The second-order valence-corrected chi connectivity index (χ2v) is 6.87. The lowest BCUT2D eigenvalue weighted by Gasteiger charge is -2.13. The molecule has 150 valence electrons. The van der Waals surface area contributed by atoms with Gasteiger partial charge in [-0.05, 0) is 42.3 Å². The fourth-order valence-electron chi connectivity index (χ4n) is 3.37. The molecule has 6 heteroatoms. The number of pyridine rings is 2. The van der Waals surface area contributed by atoms with Crippen LogP contribution >= 0.6 is 0 Å². The maximum Gasteiger partial charge on any atom is 0.258 e. The van der Waals surface area contributed by atoms with Crippen molar-refractivity contribution < 1.29 is 9.53 Å². The van der Waals surface area contributed by atoms with Gasteiger partial charge in [-0.3, -0.25) is 14.6 Å². The van der Waals surface area contributed by atoms with Gasteiger partial charge in [0.15, 0.2) is 0 Å². The van der Waals surface area contributed by atoms with Crippen LogP contribution in [0, 0.1) is 0 Å². The van der Waals surface area contributed by atoms with E-state index >= 15 is 0 Å². The number of hydrogen-bond acceptors (Lipinski definition) is 4. The van der Waals surface area contributed by atoms with Crippen LogP contribution in [0.25, 0.3) is 10.8 Å². The van der Waals surface area contributed by atoms with Crippen LogP contribution in [0.15, 0.2) is 84.0 Å². The van der Waals surface area contributed by atoms with E-state index in [4.69, 9.17) is 4.74 Å². The number of aryl methyl sites for hydroxylation is 2. The highest BCUT2D eigenvalue weighted by Gasteiger charge is 2.15. The van der Waals surface area contributed by atoms with E-state index in [0.29, 0.717) is 35.0 Å². The summed E-state index contributed by atoms with van der Waals surface area (Å²) < 4.78 is 6.79. The van der Waals surface area contributed by atoms with Crippen LogP contribution < -0.4 is 15.6 Å². The summed E-state index contributed by atoms with van der Waals surface area (Å²) in [4.78, 5) is 29.9. The van der Waals surface area contributed by atoms with E-state index in [1.165, 1.54) is 0 Å². The van der Waals surface area contributed by atoms with Crippen molar-refractivity contribution in [2.24, 2.45) is 0 Å². The van der Waals surface area contributed by atoms with Gasteiger partial charge in [-0.1, -0.05) is 30.3 Å². The minimum atomic E-state index is -0.268. The zero-order valence-corrected chi connectivity index (χ0v) is 16.5. The molecule has 1 N–H and O–H groups in total. The molecule has 0 aliphatic carbocycles. The van der Waals surface area contributed by atoms with Crippen LogP contribution in [0.5, 0.6) is 5.75 Å². The number of fused-ring (bicyclic) bond motifs is 1. The predicted molar refractivity (Wildman–Crippen MR) is 117 cm³/mol. The lowest BCUT2D eigenvalue weighted by atomic mass is 10.1. The van der Waals surface area contributed by atoms with E-state index < -0.39 is 0 Å². The van der Waals surface area contributed by atoms with Crippen molar-refractivity contribution >= 4 is 22.4 Å². The third kappa shape index (κ3) is 4.07. The molecule has 4 aromatic rings. The van der Waals surface area contributed by atoms with Crippen molar-refractivity contribution in [2.75, 3.05) is 12.4 Å². The van der Waals surface area contributed by atoms with E-state index in [0.717, 1.165) is 11.3 Å². The van der Waals surface area contributed by atoms with Crippen molar-refractivity contribution in [3.63, 3.8) is 0 Å². The highest BCUT2D eigenvalue weighted by atomic mass is 16.5. The first-order valence-corrected chi connectivity index (χ1v) is 9.62. The molecule has 1 amide bonds. The third-order valence-corrected chi connectivity index (χ3v) is 4.98. The van der Waals surface area contributed by atoms with E-state index in [1.54, 1.807) is 54.5 Å². The van der Waals surface area contributed by atoms with Crippen molar-refractivity contribution in [1.29, 1.82) is 0 Å². The SMILES string of the molecule is COc1ccc(CCn2cc(C(=O)Nc3ccncc3)c3ccccc3c2=O)cc1. The monoisotopic (exact) mass is 399 g/mol. The van der Waals surface area contributed by atoms with Gasteiger partial charge in [-0.2, -0.15) is 0 Å². The Morgan fingerprint density at radius 2 is 1.70 bits per heavy atom. The molecule has 0 saturated carbocycles. The van der Waals surface area contributed by atoms with E-state index in [2.05, 4.69) is 10.3 Å². The van der Waals surface area contributed by atoms with Gasteiger partial charge in [0.25, 0.3) is 11.5 Å². The molecular weight excluding hydrogens is 378 g/mol. The summed E-state index contributed by atoms with van der Waals surface area (Å²) in [5, 5.41) is 4.03. The highest BCUT2D eigenvalue weighted by Crippen LogP contribution is 2.18. The zero-order valence-electron chi connectivity index (χ0n) is 16.5. The molecular formula is C24H21N3O3. The summed E-state index contributed by atoms with van der Waals surface area (Å²) >= 11 is 0. The van der Waals surface area contributed by atoms with Crippen molar-refractivity contribution in [2.45, 2.75) is 13.0 Å². The van der Waals surface area contributed by atoms with Gasteiger partial charge in [0.1, 0.15) is 5.75 Å².